The number of carbonyl (C=O) groups is 1. The van der Waals surface area contributed by atoms with E-state index in [-0.39, 0.29) is 0 Å². The Balaban J connectivity index is 4.23. The van der Waals surface area contributed by atoms with Gasteiger partial charge in [0.2, 0.25) is 5.88 Å². The van der Waals surface area contributed by atoms with Gasteiger partial charge >= 0.3 is 5.97 Å². The predicted octanol–water partition coefficient (Wildman–Crippen LogP) is -1.28. The lowest BCUT2D eigenvalue weighted by Crippen LogP contribution is -2.17. The minimum atomic E-state index is -1.43. The second kappa shape index (κ2) is 2.06. The monoisotopic (exact) mass is 118 g/mol. The zero-order valence-electron chi connectivity index (χ0n) is 3.96. The molecule has 0 unspecified atom stereocenters. The molecular weight excluding hydrogens is 112 g/mol. The van der Waals surface area contributed by atoms with Crippen LogP contribution < -0.4 is 11.5 Å². The maximum Gasteiger partial charge on any atom is 0.357 e. The molecule has 46 valence electrons. The van der Waals surface area contributed by atoms with Gasteiger partial charge in [0.25, 0.3) is 0 Å². The van der Waals surface area contributed by atoms with Gasteiger partial charge in [0.05, 0.1) is 0 Å². The first kappa shape index (κ1) is 6.61. The van der Waals surface area contributed by atoms with Crippen LogP contribution in [0.4, 0.5) is 0 Å². The molecular formula is C3H6N2O3. The second-order valence-electron chi connectivity index (χ2n) is 1.10. The van der Waals surface area contributed by atoms with Crippen LogP contribution >= 0.6 is 0 Å². The number of aliphatic carboxylic acids is 1. The van der Waals surface area contributed by atoms with E-state index in [2.05, 4.69) is 11.5 Å². The van der Waals surface area contributed by atoms with Crippen LogP contribution in [0.2, 0.25) is 0 Å². The van der Waals surface area contributed by atoms with Crippen molar-refractivity contribution in [2.24, 2.45) is 11.5 Å². The number of carboxylic acids is 1. The van der Waals surface area contributed by atoms with Crippen molar-refractivity contribution in [1.82, 2.24) is 0 Å². The van der Waals surface area contributed by atoms with E-state index in [0.29, 0.717) is 0 Å². The SMILES string of the molecule is N/C(O)=C(\N)C(=O)O. The summed E-state index contributed by atoms with van der Waals surface area (Å²) in [6.45, 7) is 0. The number of carboxylic acid groups (broad SMARTS) is 1. The Kier molecular flexibility index (Phi) is 1.70. The molecule has 0 aromatic carbocycles. The molecule has 0 aromatic rings. The van der Waals surface area contributed by atoms with Crippen LogP contribution in [0.1, 0.15) is 0 Å². The molecule has 0 spiro atoms. The molecule has 0 fully saturated rings. The molecule has 5 nitrogen and oxygen atoms in total. The van der Waals surface area contributed by atoms with Crippen molar-refractivity contribution in [2.75, 3.05) is 0 Å². The van der Waals surface area contributed by atoms with Gasteiger partial charge in [-0.25, -0.2) is 4.79 Å². The fourth-order valence-corrected chi connectivity index (χ4v) is 0.110. The third-order valence-corrected chi connectivity index (χ3v) is 0.506. The minimum Gasteiger partial charge on any atom is -0.493 e. The summed E-state index contributed by atoms with van der Waals surface area (Å²) in [6, 6.07) is 0. The highest BCUT2D eigenvalue weighted by Gasteiger charge is 2.04. The molecule has 0 saturated carbocycles. The fraction of sp³-hybridized carbons (Fsp3) is 0. The molecule has 0 rings (SSSR count). The van der Waals surface area contributed by atoms with Crippen molar-refractivity contribution in [1.29, 1.82) is 0 Å². The lowest BCUT2D eigenvalue weighted by atomic mass is 10.5. The lowest BCUT2D eigenvalue weighted by molar-refractivity contribution is -0.132. The van der Waals surface area contributed by atoms with Gasteiger partial charge in [-0.05, 0) is 0 Å². The van der Waals surface area contributed by atoms with Crippen LogP contribution in [-0.2, 0) is 4.79 Å². The molecule has 8 heavy (non-hydrogen) atoms. The maximum absolute atomic E-state index is 9.72. The van der Waals surface area contributed by atoms with E-state index < -0.39 is 17.5 Å². The summed E-state index contributed by atoms with van der Waals surface area (Å²) >= 11 is 0. The first-order chi connectivity index (χ1) is 3.55. The van der Waals surface area contributed by atoms with Crippen molar-refractivity contribution in [3.63, 3.8) is 0 Å². The summed E-state index contributed by atoms with van der Waals surface area (Å²) in [6.07, 6.45) is 0. The second-order valence-corrected chi connectivity index (χ2v) is 1.10. The third kappa shape index (κ3) is 1.38. The molecule has 0 saturated heterocycles. The average Bonchev–Trinajstić information content (AvgIpc) is 1.64. The highest BCUT2D eigenvalue weighted by molar-refractivity contribution is 5.85. The molecule has 0 aliphatic carbocycles. The van der Waals surface area contributed by atoms with Crippen LogP contribution in [0.5, 0.6) is 0 Å². The summed E-state index contributed by atoms with van der Waals surface area (Å²) in [4.78, 5) is 9.72. The van der Waals surface area contributed by atoms with Crippen molar-refractivity contribution in [3.05, 3.63) is 11.6 Å². The number of hydrogen-bond donors (Lipinski definition) is 4. The highest BCUT2D eigenvalue weighted by atomic mass is 16.4. The van der Waals surface area contributed by atoms with E-state index in [1.54, 1.807) is 0 Å². The molecule has 0 bridgehead atoms. The molecule has 0 radical (unpaired) electrons. The first-order valence-electron chi connectivity index (χ1n) is 1.73. The molecule has 6 N–H and O–H groups in total. The van der Waals surface area contributed by atoms with Gasteiger partial charge in [0.1, 0.15) is 0 Å². The van der Waals surface area contributed by atoms with Crippen LogP contribution in [0.3, 0.4) is 0 Å². The molecule has 5 heteroatoms. The molecule has 0 atom stereocenters. The molecule has 0 heterocycles. The molecule has 0 aliphatic heterocycles. The van der Waals surface area contributed by atoms with Gasteiger partial charge in [-0.2, -0.15) is 0 Å². The average molecular weight is 118 g/mol. The Morgan fingerprint density at radius 2 is 1.62 bits per heavy atom. The lowest BCUT2D eigenvalue weighted by Gasteiger charge is -1.91. The molecule has 0 amide bonds. The number of aliphatic hydroxyl groups is 1. The van der Waals surface area contributed by atoms with Crippen molar-refractivity contribution < 1.29 is 15.0 Å². The van der Waals surface area contributed by atoms with Crippen molar-refractivity contribution in [2.45, 2.75) is 0 Å². The van der Waals surface area contributed by atoms with Crippen molar-refractivity contribution >= 4 is 5.97 Å². The smallest absolute Gasteiger partial charge is 0.357 e. The Hall–Kier alpha value is -1.39. The van der Waals surface area contributed by atoms with E-state index in [1.807, 2.05) is 0 Å². The van der Waals surface area contributed by atoms with E-state index in [9.17, 15) is 4.79 Å². The van der Waals surface area contributed by atoms with E-state index in [0.717, 1.165) is 0 Å². The minimum absolute atomic E-state index is 0.731. The fourth-order valence-electron chi connectivity index (χ4n) is 0.110. The number of hydrogen-bond acceptors (Lipinski definition) is 4. The number of nitrogens with two attached hydrogens (primary N) is 2. The first-order valence-corrected chi connectivity index (χ1v) is 1.73. The summed E-state index contributed by atoms with van der Waals surface area (Å²) in [5.41, 5.74) is 8.50. The molecule has 0 aliphatic rings. The van der Waals surface area contributed by atoms with Gasteiger partial charge in [-0.15, -0.1) is 0 Å². The van der Waals surface area contributed by atoms with Crippen molar-refractivity contribution in [3.8, 4) is 0 Å². The summed E-state index contributed by atoms with van der Waals surface area (Å²) in [7, 11) is 0. The number of aliphatic hydroxyl groups excluding tert-OH is 1. The zero-order chi connectivity index (χ0) is 6.73. The Bertz CT molecular complexity index is 135. The van der Waals surface area contributed by atoms with Gasteiger partial charge in [-0.1, -0.05) is 0 Å². The maximum atomic E-state index is 9.72. The third-order valence-electron chi connectivity index (χ3n) is 0.506. The predicted molar refractivity (Wildman–Crippen MR) is 25.7 cm³/mol. The van der Waals surface area contributed by atoms with Gasteiger partial charge in [0, 0.05) is 0 Å². The summed E-state index contributed by atoms with van der Waals surface area (Å²) in [5, 5.41) is 16.1. The highest BCUT2D eigenvalue weighted by Crippen LogP contribution is 1.83. The van der Waals surface area contributed by atoms with Crippen LogP contribution in [0, 0.1) is 0 Å². The zero-order valence-corrected chi connectivity index (χ0v) is 3.96. The van der Waals surface area contributed by atoms with Gasteiger partial charge < -0.3 is 21.7 Å². The molecule has 0 aromatic heterocycles. The van der Waals surface area contributed by atoms with Crippen LogP contribution in [0.15, 0.2) is 11.6 Å². The number of rotatable bonds is 1. The largest absolute Gasteiger partial charge is 0.493 e. The van der Waals surface area contributed by atoms with Crippen LogP contribution in [0.25, 0.3) is 0 Å². The normalized spacial score (nSPS) is 12.5. The van der Waals surface area contributed by atoms with Crippen LogP contribution in [-0.4, -0.2) is 16.2 Å². The van der Waals surface area contributed by atoms with E-state index in [1.165, 1.54) is 0 Å². The summed E-state index contributed by atoms with van der Waals surface area (Å²) < 4.78 is 0. The quantitative estimate of drug-likeness (QED) is 0.253. The Morgan fingerprint density at radius 1 is 1.25 bits per heavy atom. The topological polar surface area (TPSA) is 110 Å². The van der Waals surface area contributed by atoms with Gasteiger partial charge in [-0.3, -0.25) is 0 Å². The van der Waals surface area contributed by atoms with E-state index >= 15 is 0 Å². The van der Waals surface area contributed by atoms with Gasteiger partial charge in [0.15, 0.2) is 5.70 Å². The standard InChI is InChI=1S/C3H6N2O3/c4-1(2(5)6)3(7)8/h6H,4-5H2,(H,7,8)/b2-1+. The summed E-state index contributed by atoms with van der Waals surface area (Å²) in [5.74, 6) is -2.29. The Labute approximate surface area is 45.2 Å². The Morgan fingerprint density at radius 3 is 1.62 bits per heavy atom. The van der Waals surface area contributed by atoms with E-state index in [4.69, 9.17) is 10.2 Å².